The predicted octanol–water partition coefficient (Wildman–Crippen LogP) is 2.71. The molecule has 0 amide bonds. The molecule has 0 aliphatic heterocycles. The van der Waals surface area contributed by atoms with Gasteiger partial charge in [-0.2, -0.15) is 0 Å². The third-order valence-corrected chi connectivity index (χ3v) is 4.32. The number of rotatable bonds is 6. The van der Waals surface area contributed by atoms with E-state index in [0.717, 1.165) is 18.9 Å². The van der Waals surface area contributed by atoms with Crippen molar-refractivity contribution in [2.45, 2.75) is 44.6 Å². The van der Waals surface area contributed by atoms with Crippen LogP contribution < -0.4 is 10.5 Å². The molecule has 1 rings (SSSR count). The normalized spacial score (nSPS) is 13.6. The molecule has 0 radical (unpaired) electrons. The van der Waals surface area contributed by atoms with Gasteiger partial charge in [-0.15, -0.1) is 0 Å². The zero-order valence-electron chi connectivity index (χ0n) is 11.5. The van der Waals surface area contributed by atoms with Crippen LogP contribution in [0.3, 0.4) is 0 Å². The minimum absolute atomic E-state index is 0.116. The van der Waals surface area contributed by atoms with E-state index in [9.17, 15) is 12.8 Å². The Morgan fingerprint density at radius 1 is 1.32 bits per heavy atom. The zero-order valence-corrected chi connectivity index (χ0v) is 12.3. The summed E-state index contributed by atoms with van der Waals surface area (Å²) in [6.45, 7) is 6.17. The van der Waals surface area contributed by atoms with E-state index in [1.165, 1.54) is 12.1 Å². The molecule has 1 unspecified atom stereocenters. The first-order valence-electron chi connectivity index (χ1n) is 6.38. The van der Waals surface area contributed by atoms with Crippen molar-refractivity contribution in [3.8, 4) is 0 Å². The fourth-order valence-electron chi connectivity index (χ4n) is 2.15. The summed E-state index contributed by atoms with van der Waals surface area (Å²) in [7, 11) is -3.86. The first kappa shape index (κ1) is 15.9. The van der Waals surface area contributed by atoms with Crippen LogP contribution in [0.25, 0.3) is 0 Å². The molecule has 0 heterocycles. The molecule has 0 aliphatic carbocycles. The molecule has 1 aromatic rings. The van der Waals surface area contributed by atoms with E-state index in [1.807, 2.05) is 6.92 Å². The molecule has 4 nitrogen and oxygen atoms in total. The van der Waals surface area contributed by atoms with Crippen LogP contribution in [0.2, 0.25) is 0 Å². The van der Waals surface area contributed by atoms with Crippen LogP contribution in [-0.2, 0) is 10.0 Å². The lowest BCUT2D eigenvalue weighted by Gasteiger charge is -2.23. The molecule has 0 aromatic heterocycles. The van der Waals surface area contributed by atoms with Gasteiger partial charge >= 0.3 is 0 Å². The lowest BCUT2D eigenvalue weighted by atomic mass is 9.95. The van der Waals surface area contributed by atoms with Crippen molar-refractivity contribution in [1.29, 1.82) is 0 Å². The van der Waals surface area contributed by atoms with Crippen LogP contribution in [-0.4, -0.2) is 14.5 Å². The Kier molecular flexibility index (Phi) is 5.31. The maximum atomic E-state index is 13.8. The summed E-state index contributed by atoms with van der Waals surface area (Å²) < 4.78 is 36.0. The largest absolute Gasteiger partial charge is 0.380 e. The number of sulfonamides is 1. The Hall–Kier alpha value is -1.14. The molecule has 108 valence electrons. The van der Waals surface area contributed by atoms with Gasteiger partial charge in [-0.25, -0.2) is 17.9 Å². The number of anilines is 1. The molecule has 1 atom stereocenters. The van der Waals surface area contributed by atoms with Gasteiger partial charge in [0.15, 0.2) is 0 Å². The molecule has 0 saturated heterocycles. The van der Waals surface area contributed by atoms with Crippen molar-refractivity contribution >= 4 is 15.7 Å². The molecule has 6 heteroatoms. The monoisotopic (exact) mass is 288 g/mol. The van der Waals surface area contributed by atoms with Crippen LogP contribution >= 0.6 is 0 Å². The van der Waals surface area contributed by atoms with Gasteiger partial charge in [-0.1, -0.05) is 26.7 Å². The Morgan fingerprint density at radius 2 is 1.89 bits per heavy atom. The molecule has 0 bridgehead atoms. The zero-order chi connectivity index (χ0) is 14.6. The minimum atomic E-state index is -3.86. The van der Waals surface area contributed by atoms with Crippen LogP contribution in [0.15, 0.2) is 23.1 Å². The second kappa shape index (κ2) is 6.34. The molecule has 1 aromatic carbocycles. The van der Waals surface area contributed by atoms with Crippen molar-refractivity contribution < 1.29 is 12.8 Å². The van der Waals surface area contributed by atoms with Crippen molar-refractivity contribution in [2.75, 3.05) is 5.32 Å². The van der Waals surface area contributed by atoms with E-state index in [2.05, 4.69) is 19.2 Å². The Morgan fingerprint density at radius 3 is 2.32 bits per heavy atom. The van der Waals surface area contributed by atoms with Crippen LogP contribution in [0.4, 0.5) is 10.1 Å². The van der Waals surface area contributed by atoms with Gasteiger partial charge in [0.1, 0.15) is 5.82 Å². The van der Waals surface area contributed by atoms with E-state index in [-0.39, 0.29) is 10.9 Å². The summed E-state index contributed by atoms with van der Waals surface area (Å²) in [6.07, 6.45) is 2.00. The molecule has 0 saturated carbocycles. The molecule has 0 fully saturated rings. The van der Waals surface area contributed by atoms with Crippen LogP contribution in [0.1, 0.15) is 33.6 Å². The maximum absolute atomic E-state index is 13.8. The van der Waals surface area contributed by atoms with Gasteiger partial charge in [0.2, 0.25) is 10.0 Å². The first-order valence-corrected chi connectivity index (χ1v) is 7.93. The first-order chi connectivity index (χ1) is 8.79. The summed E-state index contributed by atoms with van der Waals surface area (Å²) in [5.41, 5.74) is 0.298. The maximum Gasteiger partial charge on any atom is 0.238 e. The van der Waals surface area contributed by atoms with E-state index in [0.29, 0.717) is 11.6 Å². The van der Waals surface area contributed by atoms with Gasteiger partial charge < -0.3 is 5.32 Å². The summed E-state index contributed by atoms with van der Waals surface area (Å²) >= 11 is 0. The number of benzene rings is 1. The Labute approximate surface area is 114 Å². The second-order valence-electron chi connectivity index (χ2n) is 4.70. The van der Waals surface area contributed by atoms with E-state index in [1.54, 1.807) is 0 Å². The highest BCUT2D eigenvalue weighted by Gasteiger charge is 2.16. The summed E-state index contributed by atoms with van der Waals surface area (Å²) in [6, 6.07) is 3.77. The number of hydrogen-bond acceptors (Lipinski definition) is 3. The van der Waals surface area contributed by atoms with E-state index >= 15 is 0 Å². The average Bonchev–Trinajstić information content (AvgIpc) is 2.32. The molecule has 0 aliphatic rings. The van der Waals surface area contributed by atoms with Gasteiger partial charge in [-0.05, 0) is 31.0 Å². The smallest absolute Gasteiger partial charge is 0.238 e. The van der Waals surface area contributed by atoms with E-state index in [4.69, 9.17) is 5.14 Å². The van der Waals surface area contributed by atoms with Gasteiger partial charge in [-0.3, -0.25) is 0 Å². The standard InChI is InChI=1S/C13H21FN2O2S/c1-4-10(5-2)9(3)16-13-7-6-11(8-12(13)14)19(15,17)18/h6-10,16H,4-5H2,1-3H3,(H2,15,17,18). The SMILES string of the molecule is CCC(CC)C(C)Nc1ccc(S(N)(=O)=O)cc1F. The average molecular weight is 288 g/mol. The number of nitrogens with two attached hydrogens (primary N) is 1. The Balaban J connectivity index is 2.92. The lowest BCUT2D eigenvalue weighted by molar-refractivity contribution is 0.436. The quantitative estimate of drug-likeness (QED) is 0.845. The highest BCUT2D eigenvalue weighted by atomic mass is 32.2. The molecular weight excluding hydrogens is 267 g/mol. The molecular formula is C13H21FN2O2S. The molecule has 19 heavy (non-hydrogen) atoms. The van der Waals surface area contributed by atoms with Crippen LogP contribution in [0.5, 0.6) is 0 Å². The predicted molar refractivity (Wildman–Crippen MR) is 74.9 cm³/mol. The Bertz CT molecular complexity index is 527. The molecule has 3 N–H and O–H groups in total. The third-order valence-electron chi connectivity index (χ3n) is 3.41. The highest BCUT2D eigenvalue weighted by molar-refractivity contribution is 7.89. The lowest BCUT2D eigenvalue weighted by Crippen LogP contribution is -2.25. The minimum Gasteiger partial charge on any atom is -0.380 e. The van der Waals surface area contributed by atoms with Crippen LogP contribution in [0, 0.1) is 11.7 Å². The van der Waals surface area contributed by atoms with Gasteiger partial charge in [0, 0.05) is 6.04 Å². The highest BCUT2D eigenvalue weighted by Crippen LogP contribution is 2.22. The van der Waals surface area contributed by atoms with Crippen molar-refractivity contribution in [3.63, 3.8) is 0 Å². The number of hydrogen-bond donors (Lipinski definition) is 2. The fourth-order valence-corrected chi connectivity index (χ4v) is 2.67. The van der Waals surface area contributed by atoms with Crippen molar-refractivity contribution in [2.24, 2.45) is 11.1 Å². The topological polar surface area (TPSA) is 72.2 Å². The number of nitrogens with one attached hydrogen (secondary N) is 1. The summed E-state index contributed by atoms with van der Waals surface area (Å²) in [4.78, 5) is -0.217. The second-order valence-corrected chi connectivity index (χ2v) is 6.26. The van der Waals surface area contributed by atoms with Crippen molar-refractivity contribution in [1.82, 2.24) is 0 Å². The van der Waals surface area contributed by atoms with Crippen molar-refractivity contribution in [3.05, 3.63) is 24.0 Å². The third kappa shape index (κ3) is 4.18. The summed E-state index contributed by atoms with van der Waals surface area (Å²) in [5.74, 6) is -0.165. The van der Waals surface area contributed by atoms with Gasteiger partial charge in [0.05, 0.1) is 10.6 Å². The number of halogens is 1. The molecule has 0 spiro atoms. The number of primary sulfonamides is 1. The summed E-state index contributed by atoms with van der Waals surface area (Å²) in [5, 5.41) is 8.03. The van der Waals surface area contributed by atoms with Gasteiger partial charge in [0.25, 0.3) is 0 Å². The fraction of sp³-hybridized carbons (Fsp3) is 0.538. The van der Waals surface area contributed by atoms with E-state index < -0.39 is 15.8 Å².